The Morgan fingerprint density at radius 3 is 2.61 bits per heavy atom. The summed E-state index contributed by atoms with van der Waals surface area (Å²) in [4.78, 5) is 23.4. The first-order valence-corrected chi connectivity index (χ1v) is 7.33. The molecule has 1 aromatic carbocycles. The van der Waals surface area contributed by atoms with Crippen LogP contribution in [0.25, 0.3) is 10.9 Å². The molecule has 0 unspecified atom stereocenters. The molecule has 0 spiro atoms. The highest BCUT2D eigenvalue weighted by Gasteiger charge is 2.18. The molecular weight excluding hydrogens is 294 g/mol. The van der Waals surface area contributed by atoms with Gasteiger partial charge in [0.25, 0.3) is 0 Å². The molecule has 0 N–H and O–H groups in total. The number of hydrogen-bond acceptors (Lipinski definition) is 4. The van der Waals surface area contributed by atoms with E-state index in [0.717, 1.165) is 10.9 Å². The summed E-state index contributed by atoms with van der Waals surface area (Å²) in [5.74, 6) is 4.61. The van der Waals surface area contributed by atoms with Crippen molar-refractivity contribution in [2.24, 2.45) is 0 Å². The number of nitrogens with zero attached hydrogens (tertiary/aromatic N) is 1. The number of rotatable bonds is 1. The molecule has 5 nitrogen and oxygen atoms in total. The Morgan fingerprint density at radius 1 is 1.22 bits per heavy atom. The molecule has 0 amide bonds. The van der Waals surface area contributed by atoms with Gasteiger partial charge < -0.3 is 9.47 Å². The summed E-state index contributed by atoms with van der Waals surface area (Å²) < 4.78 is 11.6. The number of aromatic nitrogens is 1. The molecule has 1 aromatic heterocycles. The second-order valence-electron chi connectivity index (χ2n) is 5.91. The van der Waals surface area contributed by atoms with Gasteiger partial charge in [-0.2, -0.15) is 0 Å². The van der Waals surface area contributed by atoms with Gasteiger partial charge in [-0.25, -0.2) is 9.59 Å². The summed E-state index contributed by atoms with van der Waals surface area (Å²) in [5, 5.41) is 0.839. The zero-order valence-electron chi connectivity index (χ0n) is 13.7. The van der Waals surface area contributed by atoms with Crippen molar-refractivity contribution in [2.45, 2.75) is 33.3 Å². The van der Waals surface area contributed by atoms with E-state index < -0.39 is 17.7 Å². The lowest BCUT2D eigenvalue weighted by atomic mass is 10.1. The van der Waals surface area contributed by atoms with Crippen molar-refractivity contribution in [3.8, 4) is 11.8 Å². The highest BCUT2D eigenvalue weighted by atomic mass is 16.6. The van der Waals surface area contributed by atoms with Gasteiger partial charge in [-0.1, -0.05) is 5.92 Å². The molecule has 2 rings (SSSR count). The second-order valence-corrected chi connectivity index (χ2v) is 5.91. The monoisotopic (exact) mass is 313 g/mol. The third kappa shape index (κ3) is 4.36. The van der Waals surface area contributed by atoms with E-state index in [4.69, 9.17) is 9.47 Å². The fraction of sp³-hybridized carbons (Fsp3) is 0.333. The van der Waals surface area contributed by atoms with E-state index in [-0.39, 0.29) is 0 Å². The van der Waals surface area contributed by atoms with E-state index in [1.165, 1.54) is 4.57 Å². The van der Waals surface area contributed by atoms with Crippen LogP contribution in [0.1, 0.15) is 33.3 Å². The molecule has 1 heterocycles. The fourth-order valence-electron chi connectivity index (χ4n) is 1.98. The van der Waals surface area contributed by atoms with E-state index in [1.807, 2.05) is 26.8 Å². The van der Waals surface area contributed by atoms with Crippen molar-refractivity contribution in [1.82, 2.24) is 4.57 Å². The summed E-state index contributed by atoms with van der Waals surface area (Å²) >= 11 is 0. The molecule has 0 saturated heterocycles. The van der Waals surface area contributed by atoms with Crippen LogP contribution in [0.5, 0.6) is 0 Å². The summed E-state index contributed by atoms with van der Waals surface area (Å²) in [6.07, 6.45) is 1.22. The average molecular weight is 313 g/mol. The van der Waals surface area contributed by atoms with Gasteiger partial charge in [-0.15, -0.1) is 0 Å². The van der Waals surface area contributed by atoms with Crippen molar-refractivity contribution in [3.05, 3.63) is 36.0 Å². The van der Waals surface area contributed by atoms with Crippen LogP contribution < -0.4 is 0 Å². The number of esters is 1. The molecule has 0 aliphatic carbocycles. The van der Waals surface area contributed by atoms with Crippen molar-refractivity contribution in [2.75, 3.05) is 6.61 Å². The molecule has 23 heavy (non-hydrogen) atoms. The van der Waals surface area contributed by atoms with Crippen LogP contribution in [-0.2, 0) is 14.3 Å². The first kappa shape index (κ1) is 16.6. The van der Waals surface area contributed by atoms with Gasteiger partial charge in [0, 0.05) is 23.1 Å². The van der Waals surface area contributed by atoms with Crippen molar-refractivity contribution in [1.29, 1.82) is 0 Å². The molecule has 0 bridgehead atoms. The average Bonchev–Trinajstić information content (AvgIpc) is 2.86. The van der Waals surface area contributed by atoms with Crippen LogP contribution in [0.2, 0.25) is 0 Å². The SMILES string of the molecule is CCOC(=O)C#Cc1ccc2c(ccn2C(=O)OC(C)(C)C)c1. The topological polar surface area (TPSA) is 57.5 Å². The molecular formula is C18H19NO4. The Bertz CT molecular complexity index is 800. The maximum atomic E-state index is 12.2. The van der Waals surface area contributed by atoms with Crippen LogP contribution >= 0.6 is 0 Å². The Labute approximate surface area is 135 Å². The van der Waals surface area contributed by atoms with Crippen LogP contribution in [0.3, 0.4) is 0 Å². The van der Waals surface area contributed by atoms with Gasteiger partial charge in [-0.05, 0) is 52.0 Å². The lowest BCUT2D eigenvalue weighted by molar-refractivity contribution is -0.136. The number of fused-ring (bicyclic) bond motifs is 1. The lowest BCUT2D eigenvalue weighted by Crippen LogP contribution is -2.26. The maximum absolute atomic E-state index is 12.2. The van der Waals surface area contributed by atoms with E-state index in [0.29, 0.717) is 12.2 Å². The predicted molar refractivity (Wildman–Crippen MR) is 87.1 cm³/mol. The summed E-state index contributed by atoms with van der Waals surface area (Å²) in [6.45, 7) is 7.48. The second kappa shape index (κ2) is 6.57. The Balaban J connectivity index is 2.27. The number of benzene rings is 1. The number of ether oxygens (including phenoxy) is 2. The zero-order chi connectivity index (χ0) is 17.0. The lowest BCUT2D eigenvalue weighted by Gasteiger charge is -2.19. The summed E-state index contributed by atoms with van der Waals surface area (Å²) in [5.41, 5.74) is 0.840. The molecule has 2 aromatic rings. The number of carbonyl (C=O) groups excluding carboxylic acids is 2. The Hall–Kier alpha value is -2.74. The van der Waals surface area contributed by atoms with Gasteiger partial charge >= 0.3 is 12.1 Å². The molecule has 0 aliphatic heterocycles. The minimum Gasteiger partial charge on any atom is -0.456 e. The van der Waals surface area contributed by atoms with Gasteiger partial charge in [0.15, 0.2) is 0 Å². The quantitative estimate of drug-likeness (QED) is 0.598. The molecule has 5 heteroatoms. The molecule has 120 valence electrons. The maximum Gasteiger partial charge on any atom is 0.418 e. The largest absolute Gasteiger partial charge is 0.456 e. The van der Waals surface area contributed by atoms with Crippen LogP contribution in [0.4, 0.5) is 4.79 Å². The summed E-state index contributed by atoms with van der Waals surface area (Å²) in [6, 6.07) is 7.13. The Kier molecular flexibility index (Phi) is 4.75. The van der Waals surface area contributed by atoms with E-state index in [2.05, 4.69) is 11.8 Å². The third-order valence-electron chi connectivity index (χ3n) is 2.86. The zero-order valence-corrected chi connectivity index (χ0v) is 13.7. The van der Waals surface area contributed by atoms with Gasteiger partial charge in [0.1, 0.15) is 5.60 Å². The smallest absolute Gasteiger partial charge is 0.418 e. The minimum absolute atomic E-state index is 0.297. The van der Waals surface area contributed by atoms with Crippen molar-refractivity contribution < 1.29 is 19.1 Å². The summed E-state index contributed by atoms with van der Waals surface area (Å²) in [7, 11) is 0. The fourth-order valence-corrected chi connectivity index (χ4v) is 1.98. The van der Waals surface area contributed by atoms with Crippen LogP contribution in [0, 0.1) is 11.8 Å². The molecule has 0 saturated carbocycles. The van der Waals surface area contributed by atoms with Gasteiger partial charge in [0.2, 0.25) is 0 Å². The number of carbonyl (C=O) groups is 2. The van der Waals surface area contributed by atoms with Crippen molar-refractivity contribution in [3.63, 3.8) is 0 Å². The number of hydrogen-bond donors (Lipinski definition) is 0. The normalized spacial score (nSPS) is 10.8. The first-order chi connectivity index (χ1) is 10.8. The standard InChI is InChI=1S/C18H19NO4/c1-5-22-16(20)9-7-13-6-8-15-14(12-13)10-11-19(15)17(21)23-18(2,3)4/h6,8,10-12H,5H2,1-4H3. The molecule has 0 radical (unpaired) electrons. The minimum atomic E-state index is -0.557. The molecule has 0 fully saturated rings. The first-order valence-electron chi connectivity index (χ1n) is 7.33. The molecule has 0 aliphatic rings. The van der Waals surface area contributed by atoms with E-state index in [1.54, 1.807) is 31.3 Å². The van der Waals surface area contributed by atoms with Crippen LogP contribution in [-0.4, -0.2) is 28.8 Å². The van der Waals surface area contributed by atoms with Gasteiger partial charge in [0.05, 0.1) is 12.1 Å². The van der Waals surface area contributed by atoms with Crippen molar-refractivity contribution >= 4 is 23.0 Å². The van der Waals surface area contributed by atoms with E-state index in [9.17, 15) is 9.59 Å². The van der Waals surface area contributed by atoms with E-state index >= 15 is 0 Å². The predicted octanol–water partition coefficient (Wildman–Crippen LogP) is 3.34. The van der Waals surface area contributed by atoms with Gasteiger partial charge in [-0.3, -0.25) is 4.57 Å². The Morgan fingerprint density at radius 2 is 1.96 bits per heavy atom. The molecule has 0 atom stereocenters. The highest BCUT2D eigenvalue weighted by molar-refractivity contribution is 5.92. The third-order valence-corrected chi connectivity index (χ3v) is 2.86. The highest BCUT2D eigenvalue weighted by Crippen LogP contribution is 2.19. The van der Waals surface area contributed by atoms with Crippen LogP contribution in [0.15, 0.2) is 30.5 Å².